The average molecular weight is 838 g/mol. The molecule has 0 aromatic heterocycles. The van der Waals surface area contributed by atoms with Crippen LogP contribution >= 0.6 is 0 Å². The van der Waals surface area contributed by atoms with Gasteiger partial charge in [0.2, 0.25) is 0 Å². The van der Waals surface area contributed by atoms with Crippen LogP contribution in [0.3, 0.4) is 0 Å². The van der Waals surface area contributed by atoms with Gasteiger partial charge in [-0.15, -0.1) is 0 Å². The molecule has 65 heavy (non-hydrogen) atoms. The topological polar surface area (TPSA) is 21.7 Å². The molecule has 0 amide bonds. The molecule has 0 fully saturated rings. The van der Waals surface area contributed by atoms with E-state index in [0.717, 1.165) is 47.8 Å². The lowest BCUT2D eigenvalue weighted by atomic mass is 9.69. The highest BCUT2D eigenvalue weighted by Crippen LogP contribution is 2.65. The molecule has 0 saturated carbocycles. The lowest BCUT2D eigenvalue weighted by molar-refractivity contribution is 0.360. The summed E-state index contributed by atoms with van der Waals surface area (Å²) < 4.78 is 14.4. The lowest BCUT2D eigenvalue weighted by Gasteiger charge is -2.34. The minimum atomic E-state index is -0.487. The number of nitrogens with zero attached hydrogens (tertiary/aromatic N) is 1. The normalized spacial score (nSPS) is 19.8. The van der Waals surface area contributed by atoms with Gasteiger partial charge in [-0.25, -0.2) is 0 Å². The van der Waals surface area contributed by atoms with Gasteiger partial charge in [-0.05, 0) is 151 Å². The summed E-state index contributed by atoms with van der Waals surface area (Å²) in [6.07, 6.45) is 16.8. The van der Waals surface area contributed by atoms with Gasteiger partial charge in [0.05, 0.1) is 11.1 Å². The van der Waals surface area contributed by atoms with Gasteiger partial charge in [0.25, 0.3) is 0 Å². The van der Waals surface area contributed by atoms with Crippen LogP contribution in [0.2, 0.25) is 0 Å². The minimum Gasteiger partial charge on any atom is -0.449 e. The molecule has 1 atom stereocenters. The maximum atomic E-state index is 7.37. The number of para-hydroxylation sites is 1. The third-order valence-corrected chi connectivity index (χ3v) is 15.9. The molecule has 1 unspecified atom stereocenters. The molecule has 3 heteroatoms. The highest BCUT2D eigenvalue weighted by atomic mass is 16.6. The van der Waals surface area contributed by atoms with Gasteiger partial charge in [0.15, 0.2) is 23.0 Å². The van der Waals surface area contributed by atoms with Crippen LogP contribution in [-0.4, -0.2) is 0 Å². The Morgan fingerprint density at radius 2 is 1.14 bits per heavy atom. The Kier molecular flexibility index (Phi) is 7.35. The van der Waals surface area contributed by atoms with Crippen molar-refractivity contribution in [2.75, 3.05) is 4.90 Å². The number of ether oxygens (including phenoxy) is 2. The summed E-state index contributed by atoms with van der Waals surface area (Å²) in [6, 6.07) is 51.9. The number of allylic oxidation sites excluding steroid dienone is 10. The first-order chi connectivity index (χ1) is 31.7. The quantitative estimate of drug-likeness (QED) is 0.177. The molecule has 3 nitrogen and oxygen atoms in total. The standard InChI is InChI=1S/C62H47NO2/c1-60(2)47-22-12-8-18-39(47)44-31-29-37(33-52(44)60)63(38-30-32-45-40-19-9-13-23-48(40)61(3,4)53(45)34-38)55-27-16-28-56-59(55)65-58-36-54-46(35-57(58)64-56)43-21-11-15-26-51(43)62(54)49-24-7-5-6-17-41(49)42-20-10-14-25-50(42)62/h5-12,14-16,18-22,24-36H,13,17,23H2,1-4H3. The predicted octanol–water partition coefficient (Wildman–Crippen LogP) is 16.4. The highest BCUT2D eigenvalue weighted by molar-refractivity contribution is 5.98. The van der Waals surface area contributed by atoms with Gasteiger partial charge < -0.3 is 14.4 Å². The zero-order valence-corrected chi connectivity index (χ0v) is 37.1. The second kappa shape index (κ2) is 12.9. The Hall–Kier alpha value is -7.36. The molecule has 0 bridgehead atoms. The fraction of sp³-hybridized carbons (Fsp3) is 0.161. The lowest BCUT2D eigenvalue weighted by Crippen LogP contribution is -2.26. The summed E-state index contributed by atoms with van der Waals surface area (Å²) >= 11 is 0. The zero-order valence-electron chi connectivity index (χ0n) is 37.1. The molecule has 0 N–H and O–H groups in total. The van der Waals surface area contributed by atoms with Crippen LogP contribution in [0.15, 0.2) is 187 Å². The van der Waals surface area contributed by atoms with Crippen molar-refractivity contribution in [3.63, 3.8) is 0 Å². The maximum Gasteiger partial charge on any atom is 0.194 e. The number of fused-ring (bicyclic) bond motifs is 16. The highest BCUT2D eigenvalue weighted by Gasteiger charge is 2.53. The van der Waals surface area contributed by atoms with Crippen LogP contribution in [0.5, 0.6) is 23.0 Å². The molecular weight excluding hydrogens is 791 g/mol. The van der Waals surface area contributed by atoms with Gasteiger partial charge in [0.1, 0.15) is 0 Å². The smallest absolute Gasteiger partial charge is 0.194 e. The van der Waals surface area contributed by atoms with E-state index >= 15 is 0 Å². The first kappa shape index (κ1) is 37.1. The first-order valence-electron chi connectivity index (χ1n) is 23.3. The van der Waals surface area contributed by atoms with Gasteiger partial charge in [-0.2, -0.15) is 0 Å². The summed E-state index contributed by atoms with van der Waals surface area (Å²) in [5, 5.41) is 0. The van der Waals surface area contributed by atoms with Crippen molar-refractivity contribution < 1.29 is 9.47 Å². The Morgan fingerprint density at radius 3 is 1.94 bits per heavy atom. The number of rotatable bonds is 3. The monoisotopic (exact) mass is 837 g/mol. The molecular formula is C62H47NO2. The summed E-state index contributed by atoms with van der Waals surface area (Å²) in [5.74, 6) is 2.86. The molecule has 1 aliphatic heterocycles. The van der Waals surface area contributed by atoms with Gasteiger partial charge in [-0.3, -0.25) is 0 Å². The van der Waals surface area contributed by atoms with E-state index in [0.29, 0.717) is 11.5 Å². The molecule has 0 radical (unpaired) electrons. The van der Waals surface area contributed by atoms with E-state index in [2.05, 4.69) is 209 Å². The van der Waals surface area contributed by atoms with Crippen molar-refractivity contribution in [3.05, 3.63) is 232 Å². The second-order valence-corrected chi connectivity index (χ2v) is 19.8. The van der Waals surface area contributed by atoms with Crippen LogP contribution in [0.4, 0.5) is 17.1 Å². The fourth-order valence-corrected chi connectivity index (χ4v) is 13.0. The van der Waals surface area contributed by atoms with E-state index < -0.39 is 5.41 Å². The van der Waals surface area contributed by atoms with E-state index in [-0.39, 0.29) is 10.8 Å². The molecule has 6 aliphatic carbocycles. The van der Waals surface area contributed by atoms with Gasteiger partial charge in [-0.1, -0.05) is 161 Å². The summed E-state index contributed by atoms with van der Waals surface area (Å²) in [4.78, 5) is 2.41. The van der Waals surface area contributed by atoms with Gasteiger partial charge in [0, 0.05) is 22.2 Å². The summed E-state index contributed by atoms with van der Waals surface area (Å²) in [7, 11) is 0. The Bertz CT molecular complexity index is 3480. The fourth-order valence-electron chi connectivity index (χ4n) is 13.0. The molecule has 7 aromatic carbocycles. The van der Waals surface area contributed by atoms with E-state index in [1.807, 2.05) is 0 Å². The zero-order chi connectivity index (χ0) is 43.4. The van der Waals surface area contributed by atoms with Crippen molar-refractivity contribution in [2.24, 2.45) is 0 Å². The number of benzene rings is 7. The minimum absolute atomic E-state index is 0.0853. The maximum absolute atomic E-state index is 7.37. The number of anilines is 3. The van der Waals surface area contributed by atoms with Crippen LogP contribution in [0.1, 0.15) is 91.5 Å². The SMILES string of the molecule is CC1(C)C2=C(C=CCC2)c2ccc(N(c3ccc4c(c3)C(C)(C)c3ccccc3-4)c3cccc4c3Oc3cc5c(cc3O4)-c3ccccc3C53C4=C(CC=CC=C4)c4ccccc43)cc21. The largest absolute Gasteiger partial charge is 0.449 e. The van der Waals surface area contributed by atoms with Gasteiger partial charge >= 0.3 is 0 Å². The van der Waals surface area contributed by atoms with E-state index in [4.69, 9.17) is 9.47 Å². The van der Waals surface area contributed by atoms with Crippen LogP contribution in [-0.2, 0) is 16.2 Å². The molecule has 312 valence electrons. The summed E-state index contributed by atoms with van der Waals surface area (Å²) in [6.45, 7) is 9.53. The van der Waals surface area contributed by atoms with Crippen LogP contribution in [0.25, 0.3) is 33.4 Å². The first-order valence-corrected chi connectivity index (χ1v) is 23.3. The Balaban J connectivity index is 0.959. The number of hydrogen-bond acceptors (Lipinski definition) is 3. The third-order valence-electron chi connectivity index (χ3n) is 15.9. The Morgan fingerprint density at radius 1 is 0.477 bits per heavy atom. The van der Waals surface area contributed by atoms with Crippen LogP contribution in [0, 0.1) is 0 Å². The van der Waals surface area contributed by atoms with Crippen molar-refractivity contribution in [2.45, 2.75) is 63.2 Å². The molecule has 1 heterocycles. The van der Waals surface area contributed by atoms with E-state index in [1.165, 1.54) is 89.1 Å². The summed E-state index contributed by atoms with van der Waals surface area (Å²) in [5.41, 5.74) is 23.7. The molecule has 14 rings (SSSR count). The molecule has 0 saturated heterocycles. The average Bonchev–Trinajstić information content (AvgIpc) is 3.84. The van der Waals surface area contributed by atoms with Crippen molar-refractivity contribution in [3.8, 4) is 45.3 Å². The number of hydrogen-bond donors (Lipinski definition) is 0. The molecule has 1 spiro atoms. The third kappa shape index (κ3) is 4.75. The van der Waals surface area contributed by atoms with Crippen molar-refractivity contribution in [1.82, 2.24) is 0 Å². The van der Waals surface area contributed by atoms with Crippen LogP contribution < -0.4 is 14.4 Å². The van der Waals surface area contributed by atoms with E-state index in [9.17, 15) is 0 Å². The molecule has 7 aromatic rings. The van der Waals surface area contributed by atoms with Crippen molar-refractivity contribution >= 4 is 28.2 Å². The predicted molar refractivity (Wildman–Crippen MR) is 265 cm³/mol. The molecule has 7 aliphatic rings. The van der Waals surface area contributed by atoms with E-state index in [1.54, 1.807) is 0 Å². The second-order valence-electron chi connectivity index (χ2n) is 19.8. The Labute approximate surface area is 381 Å². The van der Waals surface area contributed by atoms with Crippen molar-refractivity contribution in [1.29, 1.82) is 0 Å².